The smallest absolute Gasteiger partial charge is 0.0815 e. The second-order valence-corrected chi connectivity index (χ2v) is 11.6. The SMILES string of the molecule is CCCCOC1C(CCC(C)CCC/C(C)=C/CC/C(C)=C/CCC(C)C(=O)[O-])=CC(O)C(C)C1C. The predicted molar refractivity (Wildman–Crippen MR) is 149 cm³/mol. The Morgan fingerprint density at radius 2 is 1.69 bits per heavy atom. The third kappa shape index (κ3) is 12.7. The van der Waals surface area contributed by atoms with E-state index in [1.165, 1.54) is 29.6 Å². The Morgan fingerprint density at radius 3 is 2.36 bits per heavy atom. The quantitative estimate of drug-likeness (QED) is 0.159. The zero-order valence-electron chi connectivity index (χ0n) is 24.4. The van der Waals surface area contributed by atoms with Gasteiger partial charge in [0, 0.05) is 12.6 Å². The number of carbonyl (C=O) groups is 1. The summed E-state index contributed by atoms with van der Waals surface area (Å²) < 4.78 is 6.29. The van der Waals surface area contributed by atoms with Gasteiger partial charge in [-0.3, -0.25) is 0 Å². The fourth-order valence-corrected chi connectivity index (χ4v) is 4.96. The van der Waals surface area contributed by atoms with Gasteiger partial charge in [-0.05, 0) is 101 Å². The molecule has 6 unspecified atom stereocenters. The van der Waals surface area contributed by atoms with Crippen LogP contribution in [0.3, 0.4) is 0 Å². The maximum atomic E-state index is 10.8. The molecule has 0 saturated carbocycles. The molecule has 0 bridgehead atoms. The first kappa shape index (κ1) is 32.6. The molecule has 0 fully saturated rings. The molecule has 36 heavy (non-hydrogen) atoms. The van der Waals surface area contributed by atoms with Crippen LogP contribution in [0.15, 0.2) is 34.9 Å². The van der Waals surface area contributed by atoms with Crippen LogP contribution in [0.1, 0.15) is 119 Å². The number of hydrogen-bond donors (Lipinski definition) is 1. The molecule has 0 saturated heterocycles. The van der Waals surface area contributed by atoms with E-state index in [0.29, 0.717) is 18.3 Å². The van der Waals surface area contributed by atoms with Crippen molar-refractivity contribution in [2.75, 3.05) is 6.61 Å². The molecule has 0 aromatic carbocycles. The highest BCUT2D eigenvalue weighted by Crippen LogP contribution is 2.35. The van der Waals surface area contributed by atoms with Crippen LogP contribution in [0.2, 0.25) is 0 Å². The first-order chi connectivity index (χ1) is 17.1. The average Bonchev–Trinajstić information content (AvgIpc) is 2.82. The van der Waals surface area contributed by atoms with Crippen LogP contribution < -0.4 is 5.11 Å². The number of carboxylic acids is 1. The van der Waals surface area contributed by atoms with Crippen LogP contribution in [0, 0.1) is 23.7 Å². The Balaban J connectivity index is 2.36. The van der Waals surface area contributed by atoms with Crippen molar-refractivity contribution in [3.05, 3.63) is 34.9 Å². The Hall–Kier alpha value is -1.39. The number of aliphatic hydroxyl groups excluding tert-OH is 1. The lowest BCUT2D eigenvalue weighted by atomic mass is 9.76. The van der Waals surface area contributed by atoms with E-state index in [9.17, 15) is 15.0 Å². The van der Waals surface area contributed by atoms with Gasteiger partial charge in [0.25, 0.3) is 0 Å². The Bertz CT molecular complexity index is 720. The van der Waals surface area contributed by atoms with Crippen LogP contribution in [0.4, 0.5) is 0 Å². The van der Waals surface area contributed by atoms with Gasteiger partial charge >= 0.3 is 0 Å². The van der Waals surface area contributed by atoms with Crippen molar-refractivity contribution < 1.29 is 19.7 Å². The molecule has 0 aliphatic heterocycles. The third-order valence-corrected chi connectivity index (χ3v) is 8.11. The molecule has 1 rings (SSSR count). The summed E-state index contributed by atoms with van der Waals surface area (Å²) in [5, 5.41) is 21.3. The largest absolute Gasteiger partial charge is 0.550 e. The standard InChI is InChI=1S/C32H56O4/c1-8-9-21-36-31-28(7)27(6)30(33)22-29(31)20-19-25(4)16-11-15-23(2)13-10-14-24(3)17-12-18-26(5)32(34)35/h13,17,22,25-28,30-31,33H,8-12,14-16,18-21H2,1-7H3,(H,34,35)/p-1/b23-13+,24-17+. The number of rotatable bonds is 18. The topological polar surface area (TPSA) is 69.6 Å². The van der Waals surface area contributed by atoms with Crippen LogP contribution in [-0.2, 0) is 9.53 Å². The zero-order valence-corrected chi connectivity index (χ0v) is 24.4. The van der Waals surface area contributed by atoms with Crippen molar-refractivity contribution in [3.8, 4) is 0 Å². The van der Waals surface area contributed by atoms with Crippen LogP contribution in [-0.4, -0.2) is 29.9 Å². The molecule has 0 heterocycles. The van der Waals surface area contributed by atoms with E-state index in [0.717, 1.165) is 58.0 Å². The van der Waals surface area contributed by atoms with Gasteiger partial charge in [-0.15, -0.1) is 0 Å². The lowest BCUT2D eigenvalue weighted by molar-refractivity contribution is -0.311. The number of aliphatic hydroxyl groups is 1. The van der Waals surface area contributed by atoms with Gasteiger partial charge in [0.2, 0.25) is 0 Å². The van der Waals surface area contributed by atoms with Crippen molar-refractivity contribution in [2.24, 2.45) is 23.7 Å². The minimum absolute atomic E-state index is 0.155. The second-order valence-electron chi connectivity index (χ2n) is 11.6. The summed E-state index contributed by atoms with van der Waals surface area (Å²) in [4.78, 5) is 10.8. The summed E-state index contributed by atoms with van der Waals surface area (Å²) in [5.74, 6) is -0.0783. The molecule has 4 heteroatoms. The molecular formula is C32H55O4-. The minimum Gasteiger partial charge on any atom is -0.550 e. The van der Waals surface area contributed by atoms with Crippen molar-refractivity contribution in [3.63, 3.8) is 0 Å². The molecule has 0 aromatic heterocycles. The predicted octanol–water partition coefficient (Wildman–Crippen LogP) is 7.17. The van der Waals surface area contributed by atoms with Gasteiger partial charge in [0.15, 0.2) is 0 Å². The van der Waals surface area contributed by atoms with E-state index in [-0.39, 0.29) is 24.0 Å². The molecule has 6 atom stereocenters. The lowest BCUT2D eigenvalue weighted by Gasteiger charge is -2.37. The minimum atomic E-state index is -0.955. The highest BCUT2D eigenvalue weighted by Gasteiger charge is 2.34. The molecule has 4 nitrogen and oxygen atoms in total. The molecule has 1 aliphatic rings. The highest BCUT2D eigenvalue weighted by molar-refractivity contribution is 5.66. The van der Waals surface area contributed by atoms with Crippen molar-refractivity contribution in [1.82, 2.24) is 0 Å². The molecule has 0 aromatic rings. The van der Waals surface area contributed by atoms with E-state index in [1.54, 1.807) is 6.92 Å². The lowest BCUT2D eigenvalue weighted by Crippen LogP contribution is -2.39. The van der Waals surface area contributed by atoms with Gasteiger partial charge in [-0.25, -0.2) is 0 Å². The monoisotopic (exact) mass is 503 g/mol. The van der Waals surface area contributed by atoms with Gasteiger partial charge in [0.1, 0.15) is 0 Å². The first-order valence-electron chi connectivity index (χ1n) is 14.6. The normalized spacial score (nSPS) is 24.9. The summed E-state index contributed by atoms with van der Waals surface area (Å²) >= 11 is 0. The summed E-state index contributed by atoms with van der Waals surface area (Å²) in [6.45, 7) is 15.8. The molecule has 0 radical (unpaired) electrons. The third-order valence-electron chi connectivity index (χ3n) is 8.11. The molecule has 1 N–H and O–H groups in total. The van der Waals surface area contributed by atoms with Crippen molar-refractivity contribution in [1.29, 1.82) is 0 Å². The van der Waals surface area contributed by atoms with E-state index >= 15 is 0 Å². The zero-order chi connectivity index (χ0) is 27.1. The number of ether oxygens (including phenoxy) is 1. The van der Waals surface area contributed by atoms with Crippen LogP contribution >= 0.6 is 0 Å². The van der Waals surface area contributed by atoms with Crippen molar-refractivity contribution in [2.45, 2.75) is 131 Å². The Morgan fingerprint density at radius 1 is 1.03 bits per heavy atom. The first-order valence-corrected chi connectivity index (χ1v) is 14.6. The van der Waals surface area contributed by atoms with Gasteiger partial charge < -0.3 is 19.7 Å². The van der Waals surface area contributed by atoms with Crippen LogP contribution in [0.25, 0.3) is 0 Å². The Labute approximate surface area is 222 Å². The van der Waals surface area contributed by atoms with Crippen molar-refractivity contribution >= 4 is 5.97 Å². The maximum Gasteiger partial charge on any atom is 0.0815 e. The number of unbranched alkanes of at least 4 members (excludes halogenated alkanes) is 1. The molecule has 208 valence electrons. The van der Waals surface area contributed by atoms with E-state index in [4.69, 9.17) is 4.74 Å². The number of allylic oxidation sites excluding steroid dienone is 4. The second kappa shape index (κ2) is 18.0. The number of carbonyl (C=O) groups excluding carboxylic acids is 1. The molecule has 0 spiro atoms. The van der Waals surface area contributed by atoms with Gasteiger partial charge in [-0.2, -0.15) is 0 Å². The summed E-state index contributed by atoms with van der Waals surface area (Å²) in [6, 6.07) is 0. The number of carboxylic acid groups (broad SMARTS) is 1. The van der Waals surface area contributed by atoms with E-state index in [1.807, 2.05) is 0 Å². The molecule has 1 aliphatic carbocycles. The summed E-state index contributed by atoms with van der Waals surface area (Å²) in [7, 11) is 0. The summed E-state index contributed by atoms with van der Waals surface area (Å²) in [6.07, 6.45) is 18.0. The van der Waals surface area contributed by atoms with E-state index in [2.05, 4.69) is 59.8 Å². The molecular weight excluding hydrogens is 448 g/mol. The maximum absolute atomic E-state index is 10.8. The average molecular weight is 504 g/mol. The fraction of sp³-hybridized carbons (Fsp3) is 0.781. The summed E-state index contributed by atoms with van der Waals surface area (Å²) in [5.41, 5.74) is 4.11. The van der Waals surface area contributed by atoms with Gasteiger partial charge in [0.05, 0.1) is 12.2 Å². The highest BCUT2D eigenvalue weighted by atomic mass is 16.5. The molecule has 0 amide bonds. The number of hydrogen-bond acceptors (Lipinski definition) is 4. The van der Waals surface area contributed by atoms with E-state index < -0.39 is 5.97 Å². The Kier molecular flexibility index (Phi) is 16.3. The van der Waals surface area contributed by atoms with Crippen LogP contribution in [0.5, 0.6) is 0 Å². The number of aliphatic carboxylic acids is 1. The van der Waals surface area contributed by atoms with Gasteiger partial charge in [-0.1, -0.05) is 76.8 Å². The fourth-order valence-electron chi connectivity index (χ4n) is 4.96.